The van der Waals surface area contributed by atoms with E-state index in [4.69, 9.17) is 0 Å². The number of hydrogen-bond donors (Lipinski definition) is 1. The molecule has 23 heavy (non-hydrogen) atoms. The Hall–Kier alpha value is -2.18. The van der Waals surface area contributed by atoms with E-state index in [-0.39, 0.29) is 0 Å². The average molecular weight is 310 g/mol. The third kappa shape index (κ3) is 2.64. The summed E-state index contributed by atoms with van der Waals surface area (Å²) in [5, 5.41) is 3.49. The van der Waals surface area contributed by atoms with E-state index >= 15 is 0 Å². The molecule has 1 aromatic carbocycles. The van der Waals surface area contributed by atoms with E-state index in [1.54, 1.807) is 0 Å². The molecule has 3 aromatic rings. The Morgan fingerprint density at radius 3 is 2.96 bits per heavy atom. The molecule has 0 amide bonds. The Balaban J connectivity index is 1.60. The third-order valence-electron chi connectivity index (χ3n) is 4.69. The summed E-state index contributed by atoms with van der Waals surface area (Å²) in [6.45, 7) is 3.91. The molecule has 1 atom stereocenters. The molecule has 1 fully saturated rings. The smallest absolute Gasteiger partial charge is 0.127 e. The second-order valence-electron chi connectivity index (χ2n) is 6.27. The van der Waals surface area contributed by atoms with Crippen molar-refractivity contribution in [3.05, 3.63) is 48.3 Å². The van der Waals surface area contributed by atoms with E-state index in [9.17, 15) is 0 Å². The van der Waals surface area contributed by atoms with Gasteiger partial charge in [-0.25, -0.2) is 9.97 Å². The molecular weight excluding hydrogens is 288 g/mol. The van der Waals surface area contributed by atoms with E-state index in [0.29, 0.717) is 6.04 Å². The summed E-state index contributed by atoms with van der Waals surface area (Å²) in [6.07, 6.45) is 5.76. The highest BCUT2D eigenvalue weighted by molar-refractivity contribution is 5.75. The van der Waals surface area contributed by atoms with E-state index in [1.807, 2.05) is 25.8 Å². The Bertz CT molecular complexity index is 817. The zero-order valence-corrected chi connectivity index (χ0v) is 13.6. The van der Waals surface area contributed by atoms with Gasteiger partial charge in [0.2, 0.25) is 0 Å². The molecular formula is C17H22N6. The van der Waals surface area contributed by atoms with Gasteiger partial charge < -0.3 is 14.5 Å². The van der Waals surface area contributed by atoms with E-state index in [2.05, 4.69) is 54.6 Å². The number of imidazole rings is 2. The van der Waals surface area contributed by atoms with Crippen LogP contribution in [-0.4, -0.2) is 43.6 Å². The second kappa shape index (κ2) is 5.79. The molecule has 0 radical (unpaired) electrons. The molecule has 1 aliphatic heterocycles. The van der Waals surface area contributed by atoms with Gasteiger partial charge in [-0.2, -0.15) is 0 Å². The average Bonchev–Trinajstić information content (AvgIpc) is 3.14. The lowest BCUT2D eigenvalue weighted by molar-refractivity contribution is 0.145. The van der Waals surface area contributed by atoms with Crippen molar-refractivity contribution in [1.29, 1.82) is 0 Å². The molecule has 120 valence electrons. The number of benzene rings is 1. The number of nitrogens with one attached hydrogen (secondary N) is 1. The highest BCUT2D eigenvalue weighted by Gasteiger charge is 2.26. The largest absolute Gasteiger partial charge is 0.337 e. The van der Waals surface area contributed by atoms with Crippen molar-refractivity contribution in [3.8, 4) is 0 Å². The van der Waals surface area contributed by atoms with Crippen molar-refractivity contribution in [2.75, 3.05) is 19.6 Å². The molecule has 1 unspecified atom stereocenters. The maximum Gasteiger partial charge on any atom is 0.127 e. The highest BCUT2D eigenvalue weighted by Crippen LogP contribution is 2.23. The number of aryl methyl sites for hydroxylation is 2. The zero-order chi connectivity index (χ0) is 15.8. The minimum atomic E-state index is 0.308. The number of rotatable bonds is 3. The lowest BCUT2D eigenvalue weighted by atomic mass is 10.1. The Labute approximate surface area is 135 Å². The van der Waals surface area contributed by atoms with Crippen LogP contribution in [0.15, 0.2) is 36.9 Å². The molecule has 6 heteroatoms. The standard InChI is InChI=1S/C17H22N6/c1-21-7-6-19-17(21)16-10-18-5-8-23(16)11-13-3-4-15-14(9-13)20-12-22(15)2/h3-4,6-7,9,12,16,18H,5,8,10-11H2,1-2H3. The van der Waals surface area contributed by atoms with Gasteiger partial charge in [0.05, 0.1) is 23.4 Å². The normalized spacial score (nSPS) is 19.5. The molecule has 1 aliphatic rings. The summed E-state index contributed by atoms with van der Waals surface area (Å²) < 4.78 is 4.17. The number of hydrogen-bond acceptors (Lipinski definition) is 4. The Morgan fingerprint density at radius 1 is 1.22 bits per heavy atom. The third-order valence-corrected chi connectivity index (χ3v) is 4.69. The van der Waals surface area contributed by atoms with Crippen LogP contribution >= 0.6 is 0 Å². The van der Waals surface area contributed by atoms with E-state index in [1.165, 1.54) is 11.1 Å². The van der Waals surface area contributed by atoms with E-state index < -0.39 is 0 Å². The van der Waals surface area contributed by atoms with Crippen LogP contribution in [0.25, 0.3) is 11.0 Å². The summed E-state index contributed by atoms with van der Waals surface area (Å²) in [5.74, 6) is 1.12. The summed E-state index contributed by atoms with van der Waals surface area (Å²) in [5.41, 5.74) is 3.54. The zero-order valence-electron chi connectivity index (χ0n) is 13.6. The summed E-state index contributed by atoms with van der Waals surface area (Å²) in [6, 6.07) is 6.88. The molecule has 2 aromatic heterocycles. The summed E-state index contributed by atoms with van der Waals surface area (Å²) in [4.78, 5) is 11.5. The van der Waals surface area contributed by atoms with Crippen LogP contribution in [0.4, 0.5) is 0 Å². The van der Waals surface area contributed by atoms with Gasteiger partial charge in [0, 0.05) is 52.7 Å². The fourth-order valence-corrected chi connectivity index (χ4v) is 3.40. The molecule has 0 aliphatic carbocycles. The van der Waals surface area contributed by atoms with Crippen LogP contribution < -0.4 is 5.32 Å². The Morgan fingerprint density at radius 2 is 2.13 bits per heavy atom. The molecule has 3 heterocycles. The van der Waals surface area contributed by atoms with Crippen molar-refractivity contribution in [1.82, 2.24) is 29.3 Å². The van der Waals surface area contributed by atoms with Crippen molar-refractivity contribution >= 4 is 11.0 Å². The first kappa shape index (κ1) is 14.4. The van der Waals surface area contributed by atoms with Gasteiger partial charge in [-0.05, 0) is 17.7 Å². The van der Waals surface area contributed by atoms with Crippen LogP contribution in [-0.2, 0) is 20.6 Å². The molecule has 1 N–H and O–H groups in total. The first-order chi connectivity index (χ1) is 11.2. The van der Waals surface area contributed by atoms with Crippen LogP contribution in [0.3, 0.4) is 0 Å². The minimum Gasteiger partial charge on any atom is -0.337 e. The van der Waals surface area contributed by atoms with Crippen LogP contribution in [0.2, 0.25) is 0 Å². The van der Waals surface area contributed by atoms with Gasteiger partial charge in [-0.3, -0.25) is 4.90 Å². The fourth-order valence-electron chi connectivity index (χ4n) is 3.40. The topological polar surface area (TPSA) is 50.9 Å². The fraction of sp³-hybridized carbons (Fsp3) is 0.412. The van der Waals surface area contributed by atoms with Crippen molar-refractivity contribution < 1.29 is 0 Å². The minimum absolute atomic E-state index is 0.308. The Kier molecular flexibility index (Phi) is 3.63. The van der Waals surface area contributed by atoms with Gasteiger partial charge in [0.25, 0.3) is 0 Å². The summed E-state index contributed by atoms with van der Waals surface area (Å²) in [7, 11) is 4.09. The van der Waals surface area contributed by atoms with E-state index in [0.717, 1.165) is 37.5 Å². The maximum atomic E-state index is 4.55. The van der Waals surface area contributed by atoms with Gasteiger partial charge in [0.15, 0.2) is 0 Å². The molecule has 0 saturated carbocycles. The lowest BCUT2D eigenvalue weighted by Gasteiger charge is -2.35. The number of fused-ring (bicyclic) bond motifs is 1. The number of aromatic nitrogens is 4. The van der Waals surface area contributed by atoms with Crippen molar-refractivity contribution in [3.63, 3.8) is 0 Å². The van der Waals surface area contributed by atoms with Gasteiger partial charge in [-0.15, -0.1) is 0 Å². The first-order valence-electron chi connectivity index (χ1n) is 8.04. The van der Waals surface area contributed by atoms with Crippen LogP contribution in [0, 0.1) is 0 Å². The van der Waals surface area contributed by atoms with Gasteiger partial charge >= 0.3 is 0 Å². The predicted molar refractivity (Wildman–Crippen MR) is 89.9 cm³/mol. The maximum absolute atomic E-state index is 4.55. The van der Waals surface area contributed by atoms with Gasteiger partial charge in [-0.1, -0.05) is 6.07 Å². The van der Waals surface area contributed by atoms with Gasteiger partial charge in [0.1, 0.15) is 5.82 Å². The molecule has 4 rings (SSSR count). The quantitative estimate of drug-likeness (QED) is 0.795. The van der Waals surface area contributed by atoms with Crippen LogP contribution in [0.1, 0.15) is 17.4 Å². The van der Waals surface area contributed by atoms with Crippen molar-refractivity contribution in [2.24, 2.45) is 14.1 Å². The number of nitrogens with zero attached hydrogens (tertiary/aromatic N) is 5. The van der Waals surface area contributed by atoms with Crippen LogP contribution in [0.5, 0.6) is 0 Å². The molecule has 1 saturated heterocycles. The second-order valence-corrected chi connectivity index (χ2v) is 6.27. The first-order valence-corrected chi connectivity index (χ1v) is 8.04. The highest BCUT2D eigenvalue weighted by atomic mass is 15.3. The monoisotopic (exact) mass is 310 g/mol. The summed E-state index contributed by atoms with van der Waals surface area (Å²) >= 11 is 0. The lowest BCUT2D eigenvalue weighted by Crippen LogP contribution is -2.46. The number of piperazine rings is 1. The SMILES string of the molecule is Cn1ccnc1C1CNCCN1Cc1ccc2c(c1)ncn2C. The van der Waals surface area contributed by atoms with Crippen molar-refractivity contribution in [2.45, 2.75) is 12.6 Å². The molecule has 0 spiro atoms. The molecule has 0 bridgehead atoms. The molecule has 6 nitrogen and oxygen atoms in total. The predicted octanol–water partition coefficient (Wildman–Crippen LogP) is 1.45.